The second kappa shape index (κ2) is 9.86. The van der Waals surface area contributed by atoms with Gasteiger partial charge in [0.2, 0.25) is 15.9 Å². The average Bonchev–Trinajstić information content (AvgIpc) is 3.09. The van der Waals surface area contributed by atoms with Crippen molar-refractivity contribution in [2.75, 3.05) is 53.5 Å². The molecule has 0 spiro atoms. The second-order valence-electron chi connectivity index (χ2n) is 7.51. The number of nitrogens with one attached hydrogen (secondary N) is 1. The van der Waals surface area contributed by atoms with Gasteiger partial charge < -0.3 is 14.6 Å². The average molecular weight is 438 g/mol. The number of morpholine rings is 1. The van der Waals surface area contributed by atoms with Gasteiger partial charge in [0.05, 0.1) is 29.1 Å². The molecular weight excluding hydrogens is 406 g/mol. The molecule has 2 heterocycles. The number of carbonyl (C=O) groups excluding carboxylic acids is 1. The van der Waals surface area contributed by atoms with Crippen LogP contribution in [0, 0.1) is 0 Å². The van der Waals surface area contributed by atoms with Gasteiger partial charge in [0, 0.05) is 59.7 Å². The fraction of sp³-hybridized carbons (Fsp3) is 0.600. The van der Waals surface area contributed by atoms with Gasteiger partial charge in [0.15, 0.2) is 0 Å². The van der Waals surface area contributed by atoms with E-state index in [1.807, 2.05) is 11.5 Å². The Morgan fingerprint density at radius 2 is 2.00 bits per heavy atom. The molecule has 1 N–H and O–H groups in total. The lowest BCUT2D eigenvalue weighted by Gasteiger charge is -2.26. The highest BCUT2D eigenvalue weighted by atomic mass is 32.2. The number of hydrogen-bond acceptors (Lipinski definition) is 6. The molecule has 1 saturated heterocycles. The fourth-order valence-corrected chi connectivity index (χ4v) is 4.49. The van der Waals surface area contributed by atoms with Crippen LogP contribution in [-0.4, -0.2) is 86.6 Å². The van der Waals surface area contributed by atoms with E-state index in [1.165, 1.54) is 18.4 Å². The maximum absolute atomic E-state index is 12.4. The molecule has 10 heteroatoms. The lowest BCUT2D eigenvalue weighted by Crippen LogP contribution is -2.41. The van der Waals surface area contributed by atoms with E-state index in [0.717, 1.165) is 44.2 Å². The molecule has 2 aromatic rings. The van der Waals surface area contributed by atoms with Gasteiger partial charge in [-0.3, -0.25) is 9.69 Å². The highest BCUT2D eigenvalue weighted by molar-refractivity contribution is 7.89. The van der Waals surface area contributed by atoms with Crippen molar-refractivity contribution in [3.05, 3.63) is 24.0 Å². The number of hydrogen-bond donors (Lipinski definition) is 1. The monoisotopic (exact) mass is 437 g/mol. The van der Waals surface area contributed by atoms with Crippen LogP contribution in [0.4, 0.5) is 0 Å². The first-order valence-corrected chi connectivity index (χ1v) is 11.8. The summed E-state index contributed by atoms with van der Waals surface area (Å²) in [4.78, 5) is 19.4. The quantitative estimate of drug-likeness (QED) is 0.620. The Balaban J connectivity index is 1.63. The molecule has 0 unspecified atom stereocenters. The lowest BCUT2D eigenvalue weighted by atomic mass is 10.2. The van der Waals surface area contributed by atoms with Crippen molar-refractivity contribution in [1.82, 2.24) is 24.1 Å². The molecule has 1 aliphatic heterocycles. The Hall–Kier alpha value is -2.01. The third kappa shape index (κ3) is 5.18. The summed E-state index contributed by atoms with van der Waals surface area (Å²) in [7, 11) is -0.502. The van der Waals surface area contributed by atoms with Crippen LogP contribution in [0.3, 0.4) is 0 Å². The van der Waals surface area contributed by atoms with Crippen molar-refractivity contribution in [3.63, 3.8) is 0 Å². The third-order valence-corrected chi connectivity index (χ3v) is 7.13. The Labute approximate surface area is 178 Å². The number of nitrogens with zero attached hydrogens (tertiary/aromatic N) is 4. The molecule has 1 amide bonds. The van der Waals surface area contributed by atoms with E-state index in [2.05, 4.69) is 15.2 Å². The van der Waals surface area contributed by atoms with E-state index in [-0.39, 0.29) is 10.8 Å². The van der Waals surface area contributed by atoms with Crippen molar-refractivity contribution in [2.45, 2.75) is 31.2 Å². The molecule has 166 valence electrons. The molecule has 3 rings (SSSR count). The van der Waals surface area contributed by atoms with Crippen LogP contribution in [0.15, 0.2) is 23.1 Å². The van der Waals surface area contributed by atoms with Crippen molar-refractivity contribution < 1.29 is 17.9 Å². The summed E-state index contributed by atoms with van der Waals surface area (Å²) in [5.74, 6) is 0.782. The van der Waals surface area contributed by atoms with E-state index < -0.39 is 10.0 Å². The zero-order valence-corrected chi connectivity index (χ0v) is 18.7. The minimum Gasteiger partial charge on any atom is -0.379 e. The molecule has 1 aliphatic rings. The minimum atomic E-state index is -3.52. The first kappa shape index (κ1) is 22.7. The van der Waals surface area contributed by atoms with Crippen LogP contribution >= 0.6 is 0 Å². The Kier molecular flexibility index (Phi) is 7.45. The molecule has 0 bridgehead atoms. The van der Waals surface area contributed by atoms with Crippen molar-refractivity contribution in [3.8, 4) is 0 Å². The maximum Gasteiger partial charge on any atom is 0.242 e. The molecule has 30 heavy (non-hydrogen) atoms. The van der Waals surface area contributed by atoms with Gasteiger partial charge in [0.25, 0.3) is 0 Å². The normalized spacial score (nSPS) is 15.7. The number of amides is 1. The standard InChI is InChI=1S/C20H31N5O4S/c1-4-25-18-6-5-16(30(27,28)23(2)3)15-17(18)22-19(25)7-8-20(26)21-9-10-24-11-13-29-14-12-24/h5-6,15H,4,7-14H2,1-3H3,(H,21,26). The molecule has 0 aliphatic carbocycles. The summed E-state index contributed by atoms with van der Waals surface area (Å²) >= 11 is 0. The van der Waals surface area contributed by atoms with Gasteiger partial charge in [-0.15, -0.1) is 0 Å². The number of carbonyl (C=O) groups is 1. The van der Waals surface area contributed by atoms with Crippen LogP contribution < -0.4 is 5.32 Å². The first-order chi connectivity index (χ1) is 14.3. The zero-order valence-electron chi connectivity index (χ0n) is 17.9. The molecule has 1 aromatic heterocycles. The van der Waals surface area contributed by atoms with Crippen molar-refractivity contribution in [1.29, 1.82) is 0 Å². The van der Waals surface area contributed by atoms with Crippen LogP contribution in [-0.2, 0) is 32.5 Å². The highest BCUT2D eigenvalue weighted by Gasteiger charge is 2.20. The predicted octanol–water partition coefficient (Wildman–Crippen LogP) is 0.688. The van der Waals surface area contributed by atoms with Gasteiger partial charge in [-0.25, -0.2) is 17.7 Å². The number of fused-ring (bicyclic) bond motifs is 1. The number of imidazole rings is 1. The summed E-state index contributed by atoms with van der Waals surface area (Å²) in [6, 6.07) is 4.99. The minimum absolute atomic E-state index is 0.00570. The molecule has 1 aromatic carbocycles. The van der Waals surface area contributed by atoms with Gasteiger partial charge in [-0.05, 0) is 25.1 Å². The van der Waals surface area contributed by atoms with Crippen LogP contribution in [0.2, 0.25) is 0 Å². The maximum atomic E-state index is 12.4. The Morgan fingerprint density at radius 1 is 1.27 bits per heavy atom. The van der Waals surface area contributed by atoms with Gasteiger partial charge in [-0.2, -0.15) is 0 Å². The molecule has 0 saturated carbocycles. The summed E-state index contributed by atoms with van der Waals surface area (Å²) < 4.78 is 33.3. The van der Waals surface area contributed by atoms with Crippen molar-refractivity contribution >= 4 is 27.0 Å². The smallest absolute Gasteiger partial charge is 0.242 e. The lowest BCUT2D eigenvalue weighted by molar-refractivity contribution is -0.121. The van der Waals surface area contributed by atoms with Crippen LogP contribution in [0.5, 0.6) is 0 Å². The zero-order chi connectivity index (χ0) is 21.7. The predicted molar refractivity (Wildman–Crippen MR) is 115 cm³/mol. The fourth-order valence-electron chi connectivity index (χ4n) is 3.57. The van der Waals surface area contributed by atoms with E-state index in [4.69, 9.17) is 4.74 Å². The van der Waals surface area contributed by atoms with E-state index in [9.17, 15) is 13.2 Å². The Morgan fingerprint density at radius 3 is 2.67 bits per heavy atom. The summed E-state index contributed by atoms with van der Waals surface area (Å²) in [5, 5.41) is 2.97. The number of ether oxygens (including phenoxy) is 1. The van der Waals surface area contributed by atoms with E-state index in [0.29, 0.717) is 31.4 Å². The third-order valence-electron chi connectivity index (χ3n) is 5.32. The topological polar surface area (TPSA) is 96.8 Å². The summed E-state index contributed by atoms with van der Waals surface area (Å²) in [5.41, 5.74) is 1.50. The molecule has 0 radical (unpaired) electrons. The number of benzene rings is 1. The number of aromatic nitrogens is 2. The second-order valence-corrected chi connectivity index (χ2v) is 9.67. The number of aryl methyl sites for hydroxylation is 2. The van der Waals surface area contributed by atoms with Gasteiger partial charge in [0.1, 0.15) is 5.82 Å². The molecular formula is C20H31N5O4S. The summed E-state index contributed by atoms with van der Waals surface area (Å²) in [6.45, 7) is 7.46. The van der Waals surface area contributed by atoms with E-state index in [1.54, 1.807) is 18.2 Å². The molecule has 0 atom stereocenters. The van der Waals surface area contributed by atoms with Gasteiger partial charge >= 0.3 is 0 Å². The molecule has 1 fully saturated rings. The largest absolute Gasteiger partial charge is 0.379 e. The Bertz CT molecular complexity index is 980. The SMILES string of the molecule is CCn1c(CCC(=O)NCCN2CCOCC2)nc2cc(S(=O)(=O)N(C)C)ccc21. The number of rotatable bonds is 9. The highest BCUT2D eigenvalue weighted by Crippen LogP contribution is 2.22. The molecule has 9 nitrogen and oxygen atoms in total. The van der Waals surface area contributed by atoms with Crippen molar-refractivity contribution in [2.24, 2.45) is 0 Å². The van der Waals surface area contributed by atoms with E-state index >= 15 is 0 Å². The van der Waals surface area contributed by atoms with Crippen LogP contribution in [0.25, 0.3) is 11.0 Å². The van der Waals surface area contributed by atoms with Gasteiger partial charge in [-0.1, -0.05) is 0 Å². The first-order valence-electron chi connectivity index (χ1n) is 10.3. The summed E-state index contributed by atoms with van der Waals surface area (Å²) in [6.07, 6.45) is 0.844. The van der Waals surface area contributed by atoms with Crippen LogP contribution in [0.1, 0.15) is 19.2 Å². The number of sulfonamides is 1.